The molecular formula is C25H27N7OS. The minimum atomic E-state index is -0.211. The Hall–Kier alpha value is -3.33. The summed E-state index contributed by atoms with van der Waals surface area (Å²) in [6, 6.07) is 6.39. The standard InChI is InChI=1S/C25H27N7OS/c1-15(2)32-14-27-29-22(32)23-28-21(11-34-23)31-12-25(3,4)19-8-7-17(9-18(19)24(31)33)30-10-20(26-13-30)16-5-6-16/h7-11,13-16H,5-6,12H2,1-4H3. The molecule has 0 spiro atoms. The molecule has 4 aromatic rings. The first-order valence-corrected chi connectivity index (χ1v) is 12.6. The third-order valence-electron chi connectivity index (χ3n) is 6.75. The summed E-state index contributed by atoms with van der Waals surface area (Å²) in [5.74, 6) is 1.95. The smallest absolute Gasteiger partial charge is 0.259 e. The highest BCUT2D eigenvalue weighted by Crippen LogP contribution is 2.40. The average Bonchev–Trinajstić information content (AvgIpc) is 3.23. The Morgan fingerprint density at radius 1 is 1.18 bits per heavy atom. The van der Waals surface area contributed by atoms with E-state index in [2.05, 4.69) is 61.2 Å². The van der Waals surface area contributed by atoms with Crippen LogP contribution >= 0.6 is 11.3 Å². The number of amides is 1. The molecule has 0 unspecified atom stereocenters. The fourth-order valence-electron chi connectivity index (χ4n) is 4.68. The number of thiazole rings is 1. The van der Waals surface area contributed by atoms with Crippen molar-refractivity contribution in [3.8, 4) is 16.5 Å². The highest BCUT2D eigenvalue weighted by Gasteiger charge is 2.38. The summed E-state index contributed by atoms with van der Waals surface area (Å²) in [5, 5.41) is 11.0. The monoisotopic (exact) mass is 473 g/mol. The van der Waals surface area contributed by atoms with Crippen molar-refractivity contribution >= 4 is 23.1 Å². The predicted octanol–water partition coefficient (Wildman–Crippen LogP) is 4.98. The minimum absolute atomic E-state index is 0.0270. The number of imidazole rings is 1. The number of benzene rings is 1. The van der Waals surface area contributed by atoms with E-state index in [1.165, 1.54) is 24.2 Å². The number of carbonyl (C=O) groups excluding carboxylic acids is 1. The van der Waals surface area contributed by atoms with Crippen molar-refractivity contribution in [2.75, 3.05) is 11.4 Å². The van der Waals surface area contributed by atoms with Crippen LogP contribution in [0.2, 0.25) is 0 Å². The molecular weight excluding hydrogens is 446 g/mol. The van der Waals surface area contributed by atoms with E-state index in [9.17, 15) is 4.79 Å². The molecule has 34 heavy (non-hydrogen) atoms. The molecule has 1 aliphatic carbocycles. The average molecular weight is 474 g/mol. The number of hydrogen-bond acceptors (Lipinski definition) is 6. The van der Waals surface area contributed by atoms with Crippen LogP contribution in [-0.4, -0.2) is 41.8 Å². The molecule has 6 rings (SSSR count). The number of hydrogen-bond donors (Lipinski definition) is 0. The van der Waals surface area contributed by atoms with Gasteiger partial charge in [0.25, 0.3) is 5.91 Å². The molecule has 4 heterocycles. The van der Waals surface area contributed by atoms with Crippen molar-refractivity contribution in [3.05, 3.63) is 59.3 Å². The lowest BCUT2D eigenvalue weighted by molar-refractivity contribution is 0.0968. The van der Waals surface area contributed by atoms with Gasteiger partial charge >= 0.3 is 0 Å². The maximum atomic E-state index is 13.7. The highest BCUT2D eigenvalue weighted by atomic mass is 32.1. The Morgan fingerprint density at radius 2 is 2.00 bits per heavy atom. The summed E-state index contributed by atoms with van der Waals surface area (Å²) in [5.41, 5.74) is 3.66. The normalized spacial score (nSPS) is 17.4. The van der Waals surface area contributed by atoms with E-state index in [-0.39, 0.29) is 17.4 Å². The zero-order chi connectivity index (χ0) is 23.6. The zero-order valence-corrected chi connectivity index (χ0v) is 20.6. The molecule has 1 aromatic carbocycles. The number of carbonyl (C=O) groups is 1. The van der Waals surface area contributed by atoms with E-state index in [0.29, 0.717) is 18.3 Å². The van der Waals surface area contributed by atoms with Crippen LogP contribution in [0.1, 0.15) is 74.1 Å². The van der Waals surface area contributed by atoms with Crippen molar-refractivity contribution in [2.24, 2.45) is 0 Å². The Labute approximate surface area is 202 Å². The van der Waals surface area contributed by atoms with Gasteiger partial charge < -0.3 is 9.13 Å². The van der Waals surface area contributed by atoms with Crippen molar-refractivity contribution in [2.45, 2.75) is 57.9 Å². The summed E-state index contributed by atoms with van der Waals surface area (Å²) < 4.78 is 4.01. The summed E-state index contributed by atoms with van der Waals surface area (Å²) in [6.07, 6.45) is 8.09. The van der Waals surface area contributed by atoms with Gasteiger partial charge in [-0.3, -0.25) is 9.69 Å². The molecule has 0 N–H and O–H groups in total. The molecule has 1 amide bonds. The SMILES string of the molecule is CC(C)n1cnnc1-c1nc(N2CC(C)(C)c3ccc(-n4cnc(C5CC5)c4)cc3C2=O)cs1. The second-order valence-corrected chi connectivity index (χ2v) is 11.0. The second kappa shape index (κ2) is 7.59. The fraction of sp³-hybridized carbons (Fsp3) is 0.400. The van der Waals surface area contributed by atoms with Gasteiger partial charge in [-0.25, -0.2) is 9.97 Å². The third-order valence-corrected chi connectivity index (χ3v) is 7.57. The first-order chi connectivity index (χ1) is 16.3. The quantitative estimate of drug-likeness (QED) is 0.408. The minimum Gasteiger partial charge on any atom is -0.309 e. The molecule has 1 fully saturated rings. The highest BCUT2D eigenvalue weighted by molar-refractivity contribution is 7.13. The van der Waals surface area contributed by atoms with Gasteiger partial charge in [0.15, 0.2) is 10.8 Å². The van der Waals surface area contributed by atoms with Crippen LogP contribution in [0.15, 0.2) is 42.4 Å². The predicted molar refractivity (Wildman–Crippen MR) is 132 cm³/mol. The molecule has 0 saturated heterocycles. The van der Waals surface area contributed by atoms with E-state index in [4.69, 9.17) is 4.98 Å². The molecule has 0 radical (unpaired) electrons. The number of rotatable bonds is 5. The molecule has 1 aliphatic heterocycles. The number of nitrogens with zero attached hydrogens (tertiary/aromatic N) is 7. The topological polar surface area (TPSA) is 81.7 Å². The summed E-state index contributed by atoms with van der Waals surface area (Å²) >= 11 is 1.49. The lowest BCUT2D eigenvalue weighted by Gasteiger charge is -2.38. The van der Waals surface area contributed by atoms with E-state index >= 15 is 0 Å². The number of aromatic nitrogens is 6. The largest absolute Gasteiger partial charge is 0.309 e. The van der Waals surface area contributed by atoms with Gasteiger partial charge in [0, 0.05) is 46.7 Å². The molecule has 174 valence electrons. The lowest BCUT2D eigenvalue weighted by Crippen LogP contribution is -2.47. The van der Waals surface area contributed by atoms with Crippen molar-refractivity contribution in [1.29, 1.82) is 0 Å². The summed E-state index contributed by atoms with van der Waals surface area (Å²) in [6.45, 7) is 9.09. The van der Waals surface area contributed by atoms with Crippen molar-refractivity contribution in [1.82, 2.24) is 29.3 Å². The summed E-state index contributed by atoms with van der Waals surface area (Å²) in [4.78, 5) is 24.9. The van der Waals surface area contributed by atoms with Crippen LogP contribution in [0, 0.1) is 0 Å². The van der Waals surface area contributed by atoms with Crippen LogP contribution in [-0.2, 0) is 5.41 Å². The van der Waals surface area contributed by atoms with Crippen LogP contribution in [0.5, 0.6) is 0 Å². The lowest BCUT2D eigenvalue weighted by atomic mass is 9.78. The number of fused-ring (bicyclic) bond motifs is 1. The van der Waals surface area contributed by atoms with Gasteiger partial charge in [0.1, 0.15) is 12.1 Å². The summed E-state index contributed by atoms with van der Waals surface area (Å²) in [7, 11) is 0. The third kappa shape index (κ3) is 3.46. The molecule has 9 heteroatoms. The van der Waals surface area contributed by atoms with Gasteiger partial charge in [-0.15, -0.1) is 21.5 Å². The molecule has 0 atom stereocenters. The van der Waals surface area contributed by atoms with Gasteiger partial charge in [-0.2, -0.15) is 0 Å². The van der Waals surface area contributed by atoms with Crippen molar-refractivity contribution < 1.29 is 4.79 Å². The van der Waals surface area contributed by atoms with Crippen LogP contribution < -0.4 is 4.90 Å². The van der Waals surface area contributed by atoms with Gasteiger partial charge in [-0.1, -0.05) is 19.9 Å². The first-order valence-electron chi connectivity index (χ1n) is 11.7. The maximum Gasteiger partial charge on any atom is 0.259 e. The Bertz CT molecular complexity index is 1390. The van der Waals surface area contributed by atoms with Gasteiger partial charge in [0.2, 0.25) is 0 Å². The Kier molecular flexibility index (Phi) is 4.74. The molecule has 1 saturated carbocycles. The Balaban J connectivity index is 1.36. The zero-order valence-electron chi connectivity index (χ0n) is 19.8. The van der Waals surface area contributed by atoms with E-state index in [0.717, 1.165) is 33.3 Å². The fourth-order valence-corrected chi connectivity index (χ4v) is 5.47. The van der Waals surface area contributed by atoms with Crippen LogP contribution in [0.25, 0.3) is 16.5 Å². The first kappa shape index (κ1) is 21.2. The maximum absolute atomic E-state index is 13.7. The number of anilines is 1. The second-order valence-electron chi connectivity index (χ2n) is 10.2. The van der Waals surface area contributed by atoms with Gasteiger partial charge in [0.05, 0.1) is 12.0 Å². The Morgan fingerprint density at radius 3 is 2.76 bits per heavy atom. The van der Waals surface area contributed by atoms with Crippen LogP contribution in [0.3, 0.4) is 0 Å². The van der Waals surface area contributed by atoms with E-state index in [1.807, 2.05) is 26.9 Å². The molecule has 2 aliphatic rings. The van der Waals surface area contributed by atoms with Gasteiger partial charge in [-0.05, 0) is 44.4 Å². The molecule has 0 bridgehead atoms. The van der Waals surface area contributed by atoms with E-state index < -0.39 is 0 Å². The van der Waals surface area contributed by atoms with Crippen molar-refractivity contribution in [3.63, 3.8) is 0 Å². The molecule has 3 aromatic heterocycles. The van der Waals surface area contributed by atoms with Crippen LogP contribution in [0.4, 0.5) is 5.82 Å². The molecule has 8 nitrogen and oxygen atoms in total. The van der Waals surface area contributed by atoms with E-state index in [1.54, 1.807) is 11.2 Å².